The molecule has 1 aromatic carbocycles. The Morgan fingerprint density at radius 3 is 2.94 bits per heavy atom. The summed E-state index contributed by atoms with van der Waals surface area (Å²) in [5.74, 6) is 0.0132. The number of nitro groups is 1. The van der Waals surface area contributed by atoms with E-state index in [4.69, 9.17) is 0 Å². The molecule has 0 atom stereocenters. The molecule has 5 heteroatoms. The fraction of sp³-hybridized carbons (Fsp3) is 0.364. The zero-order valence-electron chi connectivity index (χ0n) is 8.97. The Balaban J connectivity index is 2.40. The maximum absolute atomic E-state index is 11.6. The number of carbonyl (C=O) groups is 1. The molecule has 1 aliphatic rings. The van der Waals surface area contributed by atoms with Crippen molar-refractivity contribution in [3.05, 3.63) is 33.9 Å². The topological polar surface area (TPSA) is 63.5 Å². The fourth-order valence-corrected chi connectivity index (χ4v) is 1.93. The summed E-state index contributed by atoms with van der Waals surface area (Å²) < 4.78 is 0. The number of nitro benzene ring substituents is 1. The van der Waals surface area contributed by atoms with Gasteiger partial charge < -0.3 is 4.90 Å². The van der Waals surface area contributed by atoms with Gasteiger partial charge in [0.05, 0.1) is 10.6 Å². The zero-order valence-corrected chi connectivity index (χ0v) is 8.97. The number of amides is 1. The number of hydrogen-bond acceptors (Lipinski definition) is 3. The van der Waals surface area contributed by atoms with Crippen molar-refractivity contribution in [2.24, 2.45) is 0 Å². The van der Waals surface area contributed by atoms with Crippen LogP contribution in [0.5, 0.6) is 0 Å². The second kappa shape index (κ2) is 3.92. The smallest absolute Gasteiger partial charge is 0.271 e. The van der Waals surface area contributed by atoms with E-state index in [-0.39, 0.29) is 11.6 Å². The van der Waals surface area contributed by atoms with Crippen LogP contribution in [0.1, 0.15) is 18.9 Å². The fourth-order valence-electron chi connectivity index (χ4n) is 1.93. The lowest BCUT2D eigenvalue weighted by Crippen LogP contribution is -2.27. The van der Waals surface area contributed by atoms with Crippen LogP contribution in [0.2, 0.25) is 0 Å². The molecule has 0 aliphatic carbocycles. The molecule has 1 aromatic rings. The van der Waals surface area contributed by atoms with Crippen LogP contribution >= 0.6 is 0 Å². The van der Waals surface area contributed by atoms with Gasteiger partial charge in [0.1, 0.15) is 0 Å². The zero-order chi connectivity index (χ0) is 11.7. The number of non-ortho nitro benzene ring substituents is 1. The van der Waals surface area contributed by atoms with Gasteiger partial charge in [0.25, 0.3) is 5.69 Å². The van der Waals surface area contributed by atoms with Crippen molar-refractivity contribution >= 4 is 17.3 Å². The third-order valence-electron chi connectivity index (χ3n) is 2.78. The Morgan fingerprint density at radius 2 is 2.31 bits per heavy atom. The third-order valence-corrected chi connectivity index (χ3v) is 2.78. The number of anilines is 1. The molecule has 0 aromatic heterocycles. The average Bonchev–Trinajstić information content (AvgIpc) is 2.70. The van der Waals surface area contributed by atoms with Gasteiger partial charge in [-0.05, 0) is 12.0 Å². The van der Waals surface area contributed by atoms with E-state index in [0.717, 1.165) is 12.0 Å². The summed E-state index contributed by atoms with van der Waals surface area (Å²) in [6.45, 7) is 2.42. The van der Waals surface area contributed by atoms with Crippen molar-refractivity contribution in [3.63, 3.8) is 0 Å². The predicted octanol–water partition coefficient (Wildman–Crippen LogP) is 1.89. The van der Waals surface area contributed by atoms with Crippen LogP contribution in [0.15, 0.2) is 18.2 Å². The van der Waals surface area contributed by atoms with Gasteiger partial charge >= 0.3 is 0 Å². The lowest BCUT2D eigenvalue weighted by atomic mass is 10.1. The van der Waals surface area contributed by atoms with Crippen LogP contribution in [0.25, 0.3) is 0 Å². The molecule has 0 bridgehead atoms. The average molecular weight is 220 g/mol. The Labute approximate surface area is 92.8 Å². The standard InChI is InChI=1S/C11H12N2O3/c1-2-11(14)12-6-5-8-3-4-9(13(15)16)7-10(8)12/h3-4,7H,2,5-6H2,1H3. The van der Waals surface area contributed by atoms with Gasteiger partial charge in [0, 0.05) is 25.1 Å². The minimum Gasteiger partial charge on any atom is -0.312 e. The Morgan fingerprint density at radius 1 is 1.56 bits per heavy atom. The van der Waals surface area contributed by atoms with Crippen molar-refractivity contribution in [2.45, 2.75) is 19.8 Å². The van der Waals surface area contributed by atoms with E-state index in [9.17, 15) is 14.9 Å². The Kier molecular flexibility index (Phi) is 2.60. The summed E-state index contributed by atoms with van der Waals surface area (Å²) in [6, 6.07) is 4.70. The number of hydrogen-bond donors (Lipinski definition) is 0. The van der Waals surface area contributed by atoms with E-state index in [1.54, 1.807) is 17.9 Å². The van der Waals surface area contributed by atoms with Gasteiger partial charge in [0.2, 0.25) is 5.91 Å². The molecule has 0 saturated carbocycles. The molecule has 1 aliphatic heterocycles. The monoisotopic (exact) mass is 220 g/mol. The molecule has 0 fully saturated rings. The maximum atomic E-state index is 11.6. The van der Waals surface area contributed by atoms with Crippen molar-refractivity contribution in [1.82, 2.24) is 0 Å². The first-order chi connectivity index (χ1) is 7.63. The summed E-state index contributed by atoms with van der Waals surface area (Å²) in [5.41, 5.74) is 1.74. The highest BCUT2D eigenvalue weighted by molar-refractivity contribution is 5.95. The van der Waals surface area contributed by atoms with Crippen LogP contribution in [0, 0.1) is 10.1 Å². The highest BCUT2D eigenvalue weighted by Gasteiger charge is 2.25. The molecule has 0 spiro atoms. The first-order valence-corrected chi connectivity index (χ1v) is 5.21. The highest BCUT2D eigenvalue weighted by atomic mass is 16.6. The summed E-state index contributed by atoms with van der Waals surface area (Å²) in [5, 5.41) is 10.6. The SMILES string of the molecule is CCC(=O)N1CCc2ccc([N+](=O)[O-])cc21. The van der Waals surface area contributed by atoms with Gasteiger partial charge in [-0.25, -0.2) is 0 Å². The van der Waals surface area contributed by atoms with E-state index in [2.05, 4.69) is 0 Å². The van der Waals surface area contributed by atoms with Crippen LogP contribution in [0.3, 0.4) is 0 Å². The molecule has 16 heavy (non-hydrogen) atoms. The molecule has 0 radical (unpaired) electrons. The summed E-state index contributed by atoms with van der Waals surface area (Å²) in [4.78, 5) is 23.5. The maximum Gasteiger partial charge on any atom is 0.271 e. The van der Waals surface area contributed by atoms with Crippen LogP contribution < -0.4 is 4.90 Å². The van der Waals surface area contributed by atoms with Gasteiger partial charge in [0.15, 0.2) is 0 Å². The Hall–Kier alpha value is -1.91. The van der Waals surface area contributed by atoms with E-state index < -0.39 is 4.92 Å². The van der Waals surface area contributed by atoms with Crippen LogP contribution in [0.4, 0.5) is 11.4 Å². The quantitative estimate of drug-likeness (QED) is 0.564. The normalized spacial score (nSPS) is 13.7. The molecule has 2 rings (SSSR count). The van der Waals surface area contributed by atoms with E-state index in [1.807, 2.05) is 0 Å². The molecule has 1 amide bonds. The molecule has 84 valence electrons. The minimum absolute atomic E-state index is 0.0132. The summed E-state index contributed by atoms with van der Waals surface area (Å²) in [7, 11) is 0. The Bertz CT molecular complexity index is 457. The molecular formula is C11H12N2O3. The van der Waals surface area contributed by atoms with Crippen molar-refractivity contribution in [1.29, 1.82) is 0 Å². The third kappa shape index (κ3) is 1.64. The number of fused-ring (bicyclic) bond motifs is 1. The van der Waals surface area contributed by atoms with Crippen LogP contribution in [-0.4, -0.2) is 17.4 Å². The van der Waals surface area contributed by atoms with E-state index in [0.29, 0.717) is 18.7 Å². The van der Waals surface area contributed by atoms with Gasteiger partial charge in [-0.2, -0.15) is 0 Å². The highest BCUT2D eigenvalue weighted by Crippen LogP contribution is 2.31. The van der Waals surface area contributed by atoms with Gasteiger partial charge in [-0.15, -0.1) is 0 Å². The predicted molar refractivity (Wildman–Crippen MR) is 59.4 cm³/mol. The first-order valence-electron chi connectivity index (χ1n) is 5.21. The van der Waals surface area contributed by atoms with Crippen LogP contribution in [-0.2, 0) is 11.2 Å². The van der Waals surface area contributed by atoms with E-state index >= 15 is 0 Å². The number of rotatable bonds is 2. The second-order valence-corrected chi connectivity index (χ2v) is 3.72. The number of carbonyl (C=O) groups excluding carboxylic acids is 1. The lowest BCUT2D eigenvalue weighted by molar-refractivity contribution is -0.384. The molecule has 1 heterocycles. The van der Waals surface area contributed by atoms with Crippen molar-refractivity contribution in [3.8, 4) is 0 Å². The second-order valence-electron chi connectivity index (χ2n) is 3.72. The van der Waals surface area contributed by atoms with E-state index in [1.165, 1.54) is 12.1 Å². The molecule has 0 saturated heterocycles. The molecular weight excluding hydrogens is 208 g/mol. The van der Waals surface area contributed by atoms with Gasteiger partial charge in [-0.1, -0.05) is 13.0 Å². The first kappa shape index (κ1) is 10.6. The van der Waals surface area contributed by atoms with Crippen molar-refractivity contribution in [2.75, 3.05) is 11.4 Å². The molecule has 5 nitrogen and oxygen atoms in total. The largest absolute Gasteiger partial charge is 0.312 e. The van der Waals surface area contributed by atoms with Gasteiger partial charge in [-0.3, -0.25) is 14.9 Å². The molecule has 0 N–H and O–H groups in total. The molecule has 0 unspecified atom stereocenters. The minimum atomic E-state index is -0.437. The lowest BCUT2D eigenvalue weighted by Gasteiger charge is -2.15. The van der Waals surface area contributed by atoms with Crippen molar-refractivity contribution < 1.29 is 9.72 Å². The number of nitrogens with zero attached hydrogens (tertiary/aromatic N) is 2. The summed E-state index contributed by atoms with van der Waals surface area (Å²) in [6.07, 6.45) is 1.20. The number of benzene rings is 1. The summed E-state index contributed by atoms with van der Waals surface area (Å²) >= 11 is 0.